The second-order valence-electron chi connectivity index (χ2n) is 7.83. The lowest BCUT2D eigenvalue weighted by atomic mass is 10.3. The van der Waals surface area contributed by atoms with Crippen LogP contribution in [-0.2, 0) is 19.2 Å². The number of carboxylic acid groups (broad SMARTS) is 4. The molecule has 0 aromatic heterocycles. The molecule has 0 aliphatic rings. The van der Waals surface area contributed by atoms with Crippen LogP contribution in [0, 0.1) is 0 Å². The molecule has 14 nitrogen and oxygen atoms in total. The molecule has 10 N–H and O–H groups in total. The predicted octanol–water partition coefficient (Wildman–Crippen LogP) is -0.219. The van der Waals surface area contributed by atoms with Crippen molar-refractivity contribution in [1.29, 1.82) is 0 Å². The molecule has 0 radical (unpaired) electrons. The first kappa shape index (κ1) is 51.8. The average molecular weight is 665 g/mol. The number of aliphatic carboxylic acids is 4. The van der Waals surface area contributed by atoms with E-state index in [0.717, 1.165) is 0 Å². The lowest BCUT2D eigenvalue weighted by Gasteiger charge is -1.96. The van der Waals surface area contributed by atoms with Gasteiger partial charge in [0.05, 0.1) is 52.1 Å². The van der Waals surface area contributed by atoms with Gasteiger partial charge in [0.25, 0.3) is 0 Å². The molecule has 0 saturated heterocycles. The van der Waals surface area contributed by atoms with E-state index < -0.39 is 36.1 Å². The first-order valence-corrected chi connectivity index (χ1v) is 13.6. The lowest BCUT2D eigenvalue weighted by Crippen LogP contribution is -2.15. The Bertz CT molecular complexity index is 496. The molecule has 4 atom stereocenters. The highest BCUT2D eigenvalue weighted by molar-refractivity contribution is 7.81. The summed E-state index contributed by atoms with van der Waals surface area (Å²) in [6.07, 6.45) is -1.34. The van der Waals surface area contributed by atoms with Crippen molar-refractivity contribution in [1.82, 2.24) is 0 Å². The van der Waals surface area contributed by atoms with Crippen molar-refractivity contribution in [3.8, 4) is 0 Å². The van der Waals surface area contributed by atoms with Crippen LogP contribution in [0.4, 0.5) is 0 Å². The Balaban J connectivity index is -0.0000000868. The van der Waals surface area contributed by atoms with Crippen LogP contribution in [0.3, 0.4) is 0 Å². The summed E-state index contributed by atoms with van der Waals surface area (Å²) in [7, 11) is 0. The molecular weight excluding hydrogens is 616 g/mol. The van der Waals surface area contributed by atoms with Crippen LogP contribution in [-0.4, -0.2) is 135 Å². The number of aliphatic hydroxyl groups is 6. The smallest absolute Gasteiger partial charge is 0.304 e. The molecule has 0 spiro atoms. The Morgan fingerprint density at radius 1 is 0.450 bits per heavy atom. The van der Waals surface area contributed by atoms with E-state index >= 15 is 0 Å². The quantitative estimate of drug-likeness (QED) is 0.120. The van der Waals surface area contributed by atoms with Gasteiger partial charge in [-0.3, -0.25) is 19.2 Å². The molecule has 0 bridgehead atoms. The highest BCUT2D eigenvalue weighted by atomic mass is 32.1. The summed E-state index contributed by atoms with van der Waals surface area (Å²) in [5, 5.41) is 80.1. The number of rotatable bonds is 12. The summed E-state index contributed by atoms with van der Waals surface area (Å²) in [6, 6.07) is 0. The SMILES string of the molecule is CC(S)CC(=O)O.CC(S)CC(=O)O.CC(S)CC(=O)O.CC(S)CC(=O)O.OCC(O)CO.OCC(O)CO. The van der Waals surface area contributed by atoms with Gasteiger partial charge in [0.2, 0.25) is 0 Å². The van der Waals surface area contributed by atoms with Crippen LogP contribution in [0.25, 0.3) is 0 Å². The van der Waals surface area contributed by atoms with E-state index in [1.165, 1.54) is 0 Å². The average Bonchev–Trinajstić information content (AvgIpc) is 2.76. The van der Waals surface area contributed by atoms with Crippen molar-refractivity contribution >= 4 is 74.4 Å². The van der Waals surface area contributed by atoms with E-state index in [4.69, 9.17) is 51.1 Å². The summed E-state index contributed by atoms with van der Waals surface area (Å²) in [5.74, 6) is -3.16. The number of hydrogen-bond acceptors (Lipinski definition) is 14. The highest BCUT2D eigenvalue weighted by Gasteiger charge is 2.01. The van der Waals surface area contributed by atoms with Crippen molar-refractivity contribution in [2.24, 2.45) is 0 Å². The van der Waals surface area contributed by atoms with Crippen molar-refractivity contribution in [2.75, 3.05) is 26.4 Å². The number of aliphatic hydroxyl groups excluding tert-OH is 6. The molecule has 40 heavy (non-hydrogen) atoms. The Labute approximate surface area is 257 Å². The maximum absolute atomic E-state index is 9.76. The minimum absolute atomic E-state index is 0.0301. The Hall–Kier alpha value is -0.960. The maximum atomic E-state index is 9.76. The zero-order valence-corrected chi connectivity index (χ0v) is 26.6. The fraction of sp³-hybridized carbons (Fsp3) is 0.818. The first-order valence-electron chi connectivity index (χ1n) is 11.5. The zero-order chi connectivity index (χ0) is 33.4. The fourth-order valence-corrected chi connectivity index (χ4v) is 1.75. The van der Waals surface area contributed by atoms with Crippen LogP contribution in [0.2, 0.25) is 0 Å². The number of hydrogen-bond donors (Lipinski definition) is 14. The van der Waals surface area contributed by atoms with Crippen molar-refractivity contribution in [2.45, 2.75) is 86.6 Å². The molecule has 4 unspecified atom stereocenters. The molecule has 0 saturated carbocycles. The minimum atomic E-state index is -0.954. The number of carbonyl (C=O) groups is 4. The fourth-order valence-electron chi connectivity index (χ4n) is 1.13. The molecule has 0 aromatic rings. The zero-order valence-electron chi connectivity index (χ0n) is 23.0. The standard InChI is InChI=1S/4C4H8O2S.2C3H8O3/c4*1-3(7)2-4(5)6;2*4-1-3(6)2-5/h4*3,7H,2H2,1H3,(H,5,6);2*3-6H,1-2H2. The normalized spacial score (nSPS) is 12.4. The van der Waals surface area contributed by atoms with E-state index in [1.807, 2.05) is 0 Å². The van der Waals surface area contributed by atoms with E-state index in [2.05, 4.69) is 50.5 Å². The van der Waals surface area contributed by atoms with Gasteiger partial charge >= 0.3 is 23.9 Å². The van der Waals surface area contributed by atoms with Gasteiger partial charge in [0.15, 0.2) is 0 Å². The van der Waals surface area contributed by atoms with Crippen LogP contribution in [0.5, 0.6) is 0 Å². The Morgan fingerprint density at radius 2 is 0.575 bits per heavy atom. The minimum Gasteiger partial charge on any atom is -0.481 e. The van der Waals surface area contributed by atoms with Gasteiger partial charge in [-0.1, -0.05) is 27.7 Å². The summed E-state index contributed by atoms with van der Waals surface area (Å²) < 4.78 is 0. The molecule has 0 amide bonds. The summed E-state index contributed by atoms with van der Waals surface area (Å²) >= 11 is 15.4. The topological polar surface area (TPSA) is 271 Å². The van der Waals surface area contributed by atoms with E-state index in [-0.39, 0.29) is 73.1 Å². The lowest BCUT2D eigenvalue weighted by molar-refractivity contribution is -0.137. The Kier molecular flexibility index (Phi) is 49.2. The monoisotopic (exact) mass is 664 g/mol. The third-order valence-corrected chi connectivity index (χ3v) is 3.45. The molecular formula is C22H48O14S4. The molecule has 244 valence electrons. The number of thiol groups is 4. The van der Waals surface area contributed by atoms with Gasteiger partial charge in [0, 0.05) is 21.0 Å². The van der Waals surface area contributed by atoms with Crippen molar-refractivity contribution < 1.29 is 70.2 Å². The van der Waals surface area contributed by atoms with Gasteiger partial charge < -0.3 is 51.1 Å². The van der Waals surface area contributed by atoms with Gasteiger partial charge in [-0.2, -0.15) is 50.5 Å². The molecule has 0 aromatic carbocycles. The maximum Gasteiger partial charge on any atom is 0.304 e. The molecule has 0 rings (SSSR count). The van der Waals surface area contributed by atoms with Gasteiger partial charge in [0.1, 0.15) is 12.2 Å². The van der Waals surface area contributed by atoms with E-state index in [1.54, 1.807) is 27.7 Å². The van der Waals surface area contributed by atoms with Gasteiger partial charge in [-0.05, 0) is 0 Å². The van der Waals surface area contributed by atoms with Crippen LogP contribution in [0.1, 0.15) is 53.4 Å². The number of carboxylic acids is 4. The molecule has 0 aliphatic heterocycles. The molecule has 18 heteroatoms. The largest absolute Gasteiger partial charge is 0.481 e. The third kappa shape index (κ3) is 90.6. The van der Waals surface area contributed by atoms with E-state index in [9.17, 15) is 19.2 Å². The second-order valence-corrected chi connectivity index (χ2v) is 11.4. The van der Waals surface area contributed by atoms with E-state index in [0.29, 0.717) is 0 Å². The van der Waals surface area contributed by atoms with Crippen molar-refractivity contribution in [3.05, 3.63) is 0 Å². The first-order chi connectivity index (χ1) is 18.1. The van der Waals surface area contributed by atoms with Crippen LogP contribution >= 0.6 is 50.5 Å². The van der Waals surface area contributed by atoms with Gasteiger partial charge in [-0.25, -0.2) is 0 Å². The second kappa shape index (κ2) is 38.0. The molecule has 0 aliphatic carbocycles. The highest BCUT2D eigenvalue weighted by Crippen LogP contribution is 1.98. The summed E-state index contributed by atoms with van der Waals surface area (Å²) in [4.78, 5) is 39.0. The van der Waals surface area contributed by atoms with Crippen LogP contribution in [0.15, 0.2) is 0 Å². The molecule has 0 fully saturated rings. The van der Waals surface area contributed by atoms with Crippen molar-refractivity contribution in [3.63, 3.8) is 0 Å². The van der Waals surface area contributed by atoms with Crippen LogP contribution < -0.4 is 0 Å². The van der Waals surface area contributed by atoms with Gasteiger partial charge in [-0.15, -0.1) is 0 Å². The predicted molar refractivity (Wildman–Crippen MR) is 163 cm³/mol. The summed E-state index contributed by atoms with van der Waals surface area (Å²) in [5.41, 5.74) is 0. The Morgan fingerprint density at radius 3 is 0.575 bits per heavy atom. The molecule has 0 heterocycles. The summed E-state index contributed by atoms with van der Waals surface area (Å²) in [6.45, 7) is 5.53. The third-order valence-electron chi connectivity index (χ3n) is 2.72.